The van der Waals surface area contributed by atoms with E-state index in [1.165, 1.54) is 27.0 Å². The van der Waals surface area contributed by atoms with Crippen molar-refractivity contribution >= 4 is 23.7 Å². The fraction of sp³-hybridized carbons (Fsp3) is 0.784. The van der Waals surface area contributed by atoms with E-state index in [9.17, 15) is 19.2 Å². The highest BCUT2D eigenvalue weighted by molar-refractivity contribution is 6.09. The Bertz CT molecular complexity index is 1340. The molecule has 0 aromatic carbocycles. The molecule has 0 bridgehead atoms. The summed E-state index contributed by atoms with van der Waals surface area (Å²) in [7, 11) is 1.51. The molecule has 5 aliphatic rings. The predicted octanol–water partition coefficient (Wildman–Crippen LogP) is 7.10. The van der Waals surface area contributed by atoms with Crippen LogP contribution < -0.4 is 0 Å². The quantitative estimate of drug-likeness (QED) is 0.227. The molecule has 0 aliphatic heterocycles. The molecule has 0 heterocycles. The summed E-state index contributed by atoms with van der Waals surface area (Å²) in [4.78, 5) is 51.6. The smallest absolute Gasteiger partial charge is 0.326 e. The highest BCUT2D eigenvalue weighted by atomic mass is 16.7. The van der Waals surface area contributed by atoms with Crippen molar-refractivity contribution in [3.05, 3.63) is 23.0 Å². The zero-order chi connectivity index (χ0) is 33.3. The standard InChI is InChI=1S/C37H54O8/c1-21(2)30-25(40)19-29(42-10)37(32(41)44-20-43-22(3)38)18-17-35(8)24(31(30)37)11-12-27-34(7)15-14-28(45-23(4)39)33(5,6)26(34)13-16-36(27,35)9/h19,21,24,26-28H,11-18,20H2,1-10H3/t24-,26+,27-,28+,34+,35-,36-,37-/m1/s1. The molecule has 8 heteroatoms. The van der Waals surface area contributed by atoms with Crippen LogP contribution in [0, 0.1) is 50.7 Å². The maximum absolute atomic E-state index is 14.2. The minimum Gasteiger partial charge on any atom is -0.499 e. The monoisotopic (exact) mass is 626 g/mol. The van der Waals surface area contributed by atoms with Gasteiger partial charge in [0.15, 0.2) is 5.78 Å². The van der Waals surface area contributed by atoms with Crippen LogP contribution in [0.4, 0.5) is 0 Å². The first-order valence-electron chi connectivity index (χ1n) is 16.9. The second-order valence-electron chi connectivity index (χ2n) is 16.2. The molecule has 0 unspecified atom stereocenters. The molecule has 0 aromatic heterocycles. The van der Waals surface area contributed by atoms with Crippen molar-refractivity contribution in [1.29, 1.82) is 0 Å². The van der Waals surface area contributed by atoms with Crippen molar-refractivity contribution in [1.82, 2.24) is 0 Å². The third kappa shape index (κ3) is 4.73. The molecule has 4 fully saturated rings. The molecule has 4 saturated carbocycles. The lowest BCUT2D eigenvalue weighted by Crippen LogP contribution is -2.66. The molecular formula is C37H54O8. The molecule has 45 heavy (non-hydrogen) atoms. The van der Waals surface area contributed by atoms with Crippen LogP contribution in [-0.2, 0) is 38.1 Å². The van der Waals surface area contributed by atoms with Gasteiger partial charge < -0.3 is 18.9 Å². The second kappa shape index (κ2) is 11.3. The molecule has 5 rings (SSSR count). The van der Waals surface area contributed by atoms with Gasteiger partial charge in [0, 0.05) is 30.9 Å². The van der Waals surface area contributed by atoms with Gasteiger partial charge in [-0.25, -0.2) is 0 Å². The van der Waals surface area contributed by atoms with E-state index >= 15 is 0 Å². The van der Waals surface area contributed by atoms with Crippen LogP contribution in [0.15, 0.2) is 23.0 Å². The van der Waals surface area contributed by atoms with Crippen LogP contribution in [0.1, 0.15) is 114 Å². The predicted molar refractivity (Wildman–Crippen MR) is 168 cm³/mol. The van der Waals surface area contributed by atoms with E-state index in [2.05, 4.69) is 34.6 Å². The van der Waals surface area contributed by atoms with Gasteiger partial charge in [-0.15, -0.1) is 0 Å². The summed E-state index contributed by atoms with van der Waals surface area (Å²) in [6, 6.07) is 0. The van der Waals surface area contributed by atoms with E-state index in [0.717, 1.165) is 50.5 Å². The van der Waals surface area contributed by atoms with Gasteiger partial charge in [0.2, 0.25) is 6.79 Å². The van der Waals surface area contributed by atoms with E-state index in [-0.39, 0.29) is 51.4 Å². The van der Waals surface area contributed by atoms with Gasteiger partial charge in [0.25, 0.3) is 0 Å². The van der Waals surface area contributed by atoms with E-state index < -0.39 is 24.1 Å². The number of hydrogen-bond acceptors (Lipinski definition) is 8. The zero-order valence-electron chi connectivity index (χ0n) is 29.1. The fourth-order valence-corrected chi connectivity index (χ4v) is 11.7. The van der Waals surface area contributed by atoms with E-state index in [1.807, 2.05) is 13.8 Å². The molecule has 0 saturated heterocycles. The third-order valence-corrected chi connectivity index (χ3v) is 13.8. The number of rotatable bonds is 6. The first-order valence-corrected chi connectivity index (χ1v) is 16.9. The Morgan fingerprint density at radius 3 is 2.13 bits per heavy atom. The van der Waals surface area contributed by atoms with Crippen molar-refractivity contribution in [2.24, 2.45) is 50.7 Å². The lowest BCUT2D eigenvalue weighted by atomic mass is 9.32. The summed E-state index contributed by atoms with van der Waals surface area (Å²) in [5.41, 5.74) is 0.0647. The topological polar surface area (TPSA) is 105 Å². The summed E-state index contributed by atoms with van der Waals surface area (Å²) in [5.74, 6) is -0.266. The van der Waals surface area contributed by atoms with Gasteiger partial charge in [-0.05, 0) is 96.9 Å². The Morgan fingerprint density at radius 2 is 1.53 bits per heavy atom. The Hall–Kier alpha value is -2.64. The van der Waals surface area contributed by atoms with Gasteiger partial charge in [0.1, 0.15) is 17.3 Å². The molecule has 5 aliphatic carbocycles. The lowest BCUT2D eigenvalue weighted by Gasteiger charge is -2.72. The molecule has 0 aromatic rings. The number of hydrogen-bond donors (Lipinski definition) is 0. The first kappa shape index (κ1) is 33.7. The highest BCUT2D eigenvalue weighted by Gasteiger charge is 2.71. The Balaban J connectivity index is 1.59. The number of carbonyl (C=O) groups is 4. The van der Waals surface area contributed by atoms with Crippen molar-refractivity contribution in [3.8, 4) is 0 Å². The van der Waals surface area contributed by atoms with Gasteiger partial charge in [-0.2, -0.15) is 0 Å². The average molecular weight is 627 g/mol. The van der Waals surface area contributed by atoms with Crippen LogP contribution in [0.5, 0.6) is 0 Å². The summed E-state index contributed by atoms with van der Waals surface area (Å²) in [5, 5.41) is 0. The number of fused-ring (bicyclic) bond motifs is 7. The molecule has 0 amide bonds. The maximum Gasteiger partial charge on any atom is 0.326 e. The fourth-order valence-electron chi connectivity index (χ4n) is 11.7. The maximum atomic E-state index is 14.2. The Labute approximate surface area is 269 Å². The van der Waals surface area contributed by atoms with Crippen LogP contribution in [-0.4, -0.2) is 43.7 Å². The molecule has 8 atom stereocenters. The number of esters is 3. The van der Waals surface area contributed by atoms with Crippen molar-refractivity contribution in [3.63, 3.8) is 0 Å². The summed E-state index contributed by atoms with van der Waals surface area (Å²) >= 11 is 0. The second-order valence-corrected chi connectivity index (χ2v) is 16.2. The Morgan fingerprint density at radius 1 is 0.844 bits per heavy atom. The van der Waals surface area contributed by atoms with Crippen LogP contribution in [0.2, 0.25) is 0 Å². The summed E-state index contributed by atoms with van der Waals surface area (Å²) < 4.78 is 22.4. The van der Waals surface area contributed by atoms with Gasteiger partial charge in [-0.3, -0.25) is 19.2 Å². The molecule has 0 spiro atoms. The number of ketones is 1. The number of carbonyl (C=O) groups excluding carboxylic acids is 4. The molecular weight excluding hydrogens is 572 g/mol. The van der Waals surface area contributed by atoms with Crippen molar-refractivity contribution in [2.45, 2.75) is 120 Å². The average Bonchev–Trinajstić information content (AvgIpc) is 2.93. The summed E-state index contributed by atoms with van der Waals surface area (Å²) in [6.07, 6.45) is 8.46. The van der Waals surface area contributed by atoms with Gasteiger partial charge in [0.05, 0.1) is 7.11 Å². The number of allylic oxidation sites excluding steroid dienone is 2. The van der Waals surface area contributed by atoms with Crippen LogP contribution in [0.3, 0.4) is 0 Å². The number of ether oxygens (including phenoxy) is 4. The molecule has 0 radical (unpaired) electrons. The first-order chi connectivity index (χ1) is 20.9. The number of methoxy groups -OCH3 is 1. The zero-order valence-corrected chi connectivity index (χ0v) is 29.1. The van der Waals surface area contributed by atoms with E-state index in [0.29, 0.717) is 29.6 Å². The van der Waals surface area contributed by atoms with Gasteiger partial charge in [-0.1, -0.05) is 48.5 Å². The third-order valence-electron chi connectivity index (χ3n) is 13.8. The van der Waals surface area contributed by atoms with E-state index in [4.69, 9.17) is 18.9 Å². The molecule has 250 valence electrons. The van der Waals surface area contributed by atoms with Crippen LogP contribution in [0.25, 0.3) is 0 Å². The summed E-state index contributed by atoms with van der Waals surface area (Å²) in [6.45, 7) is 18.3. The van der Waals surface area contributed by atoms with E-state index in [1.54, 1.807) is 0 Å². The largest absolute Gasteiger partial charge is 0.499 e. The normalized spacial score (nSPS) is 40.2. The highest BCUT2D eigenvalue weighted by Crippen LogP contribution is 2.76. The van der Waals surface area contributed by atoms with Gasteiger partial charge >= 0.3 is 17.9 Å². The Kier molecular flexibility index (Phi) is 8.43. The lowest BCUT2D eigenvalue weighted by molar-refractivity contribution is -0.233. The minimum absolute atomic E-state index is 0.0143. The molecule has 8 nitrogen and oxygen atoms in total. The van der Waals surface area contributed by atoms with Crippen molar-refractivity contribution < 1.29 is 38.1 Å². The minimum atomic E-state index is -1.24. The van der Waals surface area contributed by atoms with Crippen molar-refractivity contribution in [2.75, 3.05) is 13.9 Å². The molecule has 0 N–H and O–H groups in total. The SMILES string of the molecule is COC1=CC(=O)C(C(C)C)=C2[C@H]3CC[C@@H]4[C@@]5(C)CC[C@H](OC(C)=O)C(C)(C)[C@@H]5CC[C@@]4(C)[C@]3(C)CC[C@@]12C(=O)OCOC(C)=O. The van der Waals surface area contributed by atoms with Crippen LogP contribution >= 0.6 is 0 Å².